The lowest BCUT2D eigenvalue weighted by atomic mass is 9.98. The van der Waals surface area contributed by atoms with Crippen LogP contribution in [-0.2, 0) is 15.8 Å². The van der Waals surface area contributed by atoms with Crippen LogP contribution in [0.25, 0.3) is 0 Å². The first-order valence-electron chi connectivity index (χ1n) is 8.27. The number of aliphatic carboxylic acids is 1. The van der Waals surface area contributed by atoms with Crippen molar-refractivity contribution in [2.45, 2.75) is 19.0 Å². The first-order chi connectivity index (χ1) is 12.3. The van der Waals surface area contributed by atoms with Gasteiger partial charge in [0.2, 0.25) is 5.91 Å². The number of likely N-dealkylation sites (tertiary alicyclic amines) is 1. The second kappa shape index (κ2) is 8.88. The van der Waals surface area contributed by atoms with Crippen LogP contribution in [0.2, 0.25) is 0 Å². The maximum atomic E-state index is 12.6. The van der Waals surface area contributed by atoms with Gasteiger partial charge in [0.25, 0.3) is 0 Å². The summed E-state index contributed by atoms with van der Waals surface area (Å²) in [5, 5.41) is 11.6. The van der Waals surface area contributed by atoms with Crippen molar-refractivity contribution in [3.05, 3.63) is 29.8 Å². The zero-order valence-electron chi connectivity index (χ0n) is 14.1. The first kappa shape index (κ1) is 20.0. The Kier molecular flexibility index (Phi) is 6.84. The number of nitrogens with zero attached hydrogens (tertiary/aromatic N) is 1. The van der Waals surface area contributed by atoms with Crippen LogP contribution in [0, 0.1) is 5.92 Å². The molecule has 1 aromatic rings. The molecule has 144 valence electrons. The summed E-state index contributed by atoms with van der Waals surface area (Å²) in [6.45, 7) is 1.27. The van der Waals surface area contributed by atoms with Crippen molar-refractivity contribution in [1.29, 1.82) is 0 Å². The van der Waals surface area contributed by atoms with E-state index in [1.54, 1.807) is 4.90 Å². The van der Waals surface area contributed by atoms with Gasteiger partial charge < -0.3 is 15.2 Å². The standard InChI is InChI=1S/C17H21F3N2O4/c18-17(19,20)13-4-1-5-14(9-13)26-8-6-21-15(23)11-22-7-2-3-12(10-22)16(24)25/h1,4-5,9,12H,2-3,6-8,10-11H2,(H,21,23)(H,24,25). The van der Waals surface area contributed by atoms with Gasteiger partial charge in [-0.15, -0.1) is 0 Å². The third-order valence-corrected chi connectivity index (χ3v) is 4.08. The topological polar surface area (TPSA) is 78.9 Å². The van der Waals surface area contributed by atoms with Crippen molar-refractivity contribution in [3.8, 4) is 5.75 Å². The number of carboxylic acid groups (broad SMARTS) is 1. The molecule has 0 saturated carbocycles. The molecule has 1 unspecified atom stereocenters. The summed E-state index contributed by atoms with van der Waals surface area (Å²) in [6, 6.07) is 4.53. The van der Waals surface area contributed by atoms with E-state index in [-0.39, 0.29) is 31.4 Å². The number of amides is 1. The fourth-order valence-corrected chi connectivity index (χ4v) is 2.78. The Morgan fingerprint density at radius 3 is 2.81 bits per heavy atom. The zero-order valence-corrected chi connectivity index (χ0v) is 14.1. The lowest BCUT2D eigenvalue weighted by molar-refractivity contribution is -0.144. The highest BCUT2D eigenvalue weighted by Gasteiger charge is 2.30. The second-order valence-electron chi connectivity index (χ2n) is 6.14. The largest absolute Gasteiger partial charge is 0.492 e. The van der Waals surface area contributed by atoms with Crippen LogP contribution in [0.15, 0.2) is 24.3 Å². The molecule has 26 heavy (non-hydrogen) atoms. The molecular formula is C17H21F3N2O4. The van der Waals surface area contributed by atoms with Crippen molar-refractivity contribution in [1.82, 2.24) is 10.2 Å². The number of carbonyl (C=O) groups is 2. The van der Waals surface area contributed by atoms with E-state index in [0.717, 1.165) is 18.6 Å². The van der Waals surface area contributed by atoms with E-state index < -0.39 is 23.6 Å². The normalized spacial score (nSPS) is 18.3. The number of hydrogen-bond acceptors (Lipinski definition) is 4. The number of carboxylic acids is 1. The Labute approximate surface area is 148 Å². The third kappa shape index (κ3) is 6.21. The zero-order chi connectivity index (χ0) is 19.2. The molecule has 0 spiro atoms. The summed E-state index contributed by atoms with van der Waals surface area (Å²) in [5.74, 6) is -1.51. The van der Waals surface area contributed by atoms with E-state index in [9.17, 15) is 22.8 Å². The SMILES string of the molecule is O=C(CN1CCCC(C(=O)O)C1)NCCOc1cccc(C(F)(F)F)c1. The number of piperidine rings is 1. The third-order valence-electron chi connectivity index (χ3n) is 4.08. The number of rotatable bonds is 7. The van der Waals surface area contributed by atoms with Gasteiger partial charge in [-0.3, -0.25) is 14.5 Å². The maximum Gasteiger partial charge on any atom is 0.416 e. The molecule has 9 heteroatoms. The first-order valence-corrected chi connectivity index (χ1v) is 8.27. The minimum Gasteiger partial charge on any atom is -0.492 e. The van der Waals surface area contributed by atoms with E-state index in [1.807, 2.05) is 0 Å². The summed E-state index contributed by atoms with van der Waals surface area (Å²) in [6.07, 6.45) is -3.10. The number of nitrogens with one attached hydrogen (secondary N) is 1. The Morgan fingerprint density at radius 2 is 2.12 bits per heavy atom. The fraction of sp³-hybridized carbons (Fsp3) is 0.529. The van der Waals surface area contributed by atoms with Gasteiger partial charge in [0, 0.05) is 6.54 Å². The van der Waals surface area contributed by atoms with Crippen LogP contribution in [0.5, 0.6) is 5.75 Å². The lowest BCUT2D eigenvalue weighted by Crippen LogP contribution is -2.44. The average Bonchev–Trinajstić information content (AvgIpc) is 2.58. The van der Waals surface area contributed by atoms with Gasteiger partial charge >= 0.3 is 12.1 Å². The molecule has 2 N–H and O–H groups in total. The number of hydrogen-bond donors (Lipinski definition) is 2. The van der Waals surface area contributed by atoms with Crippen molar-refractivity contribution < 1.29 is 32.6 Å². The van der Waals surface area contributed by atoms with Crippen molar-refractivity contribution in [2.75, 3.05) is 32.8 Å². The molecule has 1 aliphatic rings. The molecule has 1 atom stereocenters. The molecule has 1 saturated heterocycles. The van der Waals surface area contributed by atoms with Gasteiger partial charge in [0.05, 0.1) is 24.6 Å². The summed E-state index contributed by atoms with van der Waals surface area (Å²) in [7, 11) is 0. The van der Waals surface area contributed by atoms with Gasteiger partial charge in [-0.1, -0.05) is 6.07 Å². The van der Waals surface area contributed by atoms with E-state index in [0.29, 0.717) is 19.5 Å². The van der Waals surface area contributed by atoms with Crippen LogP contribution in [-0.4, -0.2) is 54.7 Å². The van der Waals surface area contributed by atoms with Crippen molar-refractivity contribution in [3.63, 3.8) is 0 Å². The Bertz CT molecular complexity index is 637. The second-order valence-corrected chi connectivity index (χ2v) is 6.14. The molecule has 1 heterocycles. The minimum atomic E-state index is -4.43. The van der Waals surface area contributed by atoms with E-state index in [1.165, 1.54) is 12.1 Å². The quantitative estimate of drug-likeness (QED) is 0.714. The van der Waals surface area contributed by atoms with Gasteiger partial charge in [-0.05, 0) is 37.6 Å². The maximum absolute atomic E-state index is 12.6. The molecule has 0 bridgehead atoms. The number of benzene rings is 1. The van der Waals surface area contributed by atoms with E-state index >= 15 is 0 Å². The van der Waals surface area contributed by atoms with E-state index in [4.69, 9.17) is 9.84 Å². The number of carbonyl (C=O) groups excluding carboxylic acids is 1. The smallest absolute Gasteiger partial charge is 0.416 e. The molecule has 0 radical (unpaired) electrons. The van der Waals surface area contributed by atoms with E-state index in [2.05, 4.69) is 5.32 Å². The Balaban J connectivity index is 1.70. The Hall–Kier alpha value is -2.29. The lowest BCUT2D eigenvalue weighted by Gasteiger charge is -2.29. The van der Waals surface area contributed by atoms with Crippen LogP contribution >= 0.6 is 0 Å². The number of halogens is 3. The summed E-state index contributed by atoms with van der Waals surface area (Å²) in [4.78, 5) is 24.7. The van der Waals surface area contributed by atoms with Crippen molar-refractivity contribution in [2.24, 2.45) is 5.92 Å². The molecule has 0 aliphatic carbocycles. The van der Waals surface area contributed by atoms with Crippen LogP contribution in [0.1, 0.15) is 18.4 Å². The highest BCUT2D eigenvalue weighted by Crippen LogP contribution is 2.31. The molecule has 1 aliphatic heterocycles. The summed E-state index contributed by atoms with van der Waals surface area (Å²) in [5.41, 5.74) is -0.794. The van der Waals surface area contributed by atoms with Crippen LogP contribution < -0.4 is 10.1 Å². The molecule has 1 aromatic carbocycles. The predicted octanol–water partition coefficient (Wildman–Crippen LogP) is 2.00. The van der Waals surface area contributed by atoms with Crippen molar-refractivity contribution >= 4 is 11.9 Å². The highest BCUT2D eigenvalue weighted by molar-refractivity contribution is 5.78. The van der Waals surface area contributed by atoms with Crippen LogP contribution in [0.3, 0.4) is 0 Å². The van der Waals surface area contributed by atoms with Gasteiger partial charge in [0.1, 0.15) is 12.4 Å². The molecule has 6 nitrogen and oxygen atoms in total. The molecule has 1 fully saturated rings. The predicted molar refractivity (Wildman–Crippen MR) is 86.7 cm³/mol. The Morgan fingerprint density at radius 1 is 1.35 bits per heavy atom. The molecule has 0 aromatic heterocycles. The summed E-state index contributed by atoms with van der Waals surface area (Å²) < 4.78 is 43.0. The average molecular weight is 374 g/mol. The van der Waals surface area contributed by atoms with Crippen LogP contribution in [0.4, 0.5) is 13.2 Å². The number of alkyl halides is 3. The monoisotopic (exact) mass is 374 g/mol. The molecular weight excluding hydrogens is 353 g/mol. The highest BCUT2D eigenvalue weighted by atomic mass is 19.4. The van der Waals surface area contributed by atoms with Gasteiger partial charge in [-0.2, -0.15) is 13.2 Å². The minimum absolute atomic E-state index is 0.0325. The number of ether oxygens (including phenoxy) is 1. The van der Waals surface area contributed by atoms with Gasteiger partial charge in [-0.25, -0.2) is 0 Å². The summed E-state index contributed by atoms with van der Waals surface area (Å²) >= 11 is 0. The molecule has 2 rings (SSSR count). The van der Waals surface area contributed by atoms with Gasteiger partial charge in [0.15, 0.2) is 0 Å². The molecule has 1 amide bonds. The fourth-order valence-electron chi connectivity index (χ4n) is 2.78.